The molecule has 1 amide bonds. The van der Waals surface area contributed by atoms with Crippen molar-refractivity contribution in [1.82, 2.24) is 10.6 Å². The zero-order valence-electron chi connectivity index (χ0n) is 11.9. The van der Waals surface area contributed by atoms with Crippen molar-refractivity contribution in [3.63, 3.8) is 0 Å². The van der Waals surface area contributed by atoms with Gasteiger partial charge in [-0.05, 0) is 35.9 Å². The van der Waals surface area contributed by atoms with Gasteiger partial charge >= 0.3 is 0 Å². The molecular weight excluding hydrogens is 316 g/mol. The molecule has 0 aliphatic carbocycles. The molecule has 4 N–H and O–H groups in total. The van der Waals surface area contributed by atoms with Gasteiger partial charge in [-0.15, -0.1) is 0 Å². The molecule has 0 aromatic heterocycles. The highest BCUT2D eigenvalue weighted by Crippen LogP contribution is 2.17. The molecule has 0 radical (unpaired) electrons. The standard InChI is InChI=1S/C16H13ClN4O2/c17-12-3-1-2-11(6-12)9-20-16(19)21-15(23)13-7-10(8-18)4-5-14(13)22/h1-7,22H,9H2,(H3,19,20,21,23). The number of rotatable bonds is 3. The molecule has 2 aromatic carbocycles. The SMILES string of the molecule is N#Cc1ccc(O)c(C(=O)NC(=N)NCc2cccc(Cl)c2)c1. The summed E-state index contributed by atoms with van der Waals surface area (Å²) in [4.78, 5) is 12.0. The van der Waals surface area contributed by atoms with Gasteiger partial charge in [-0.25, -0.2) is 0 Å². The number of phenols is 1. The van der Waals surface area contributed by atoms with Gasteiger partial charge in [0.25, 0.3) is 5.91 Å². The van der Waals surface area contributed by atoms with E-state index in [1.807, 2.05) is 12.1 Å². The van der Waals surface area contributed by atoms with Crippen LogP contribution in [-0.4, -0.2) is 17.0 Å². The van der Waals surface area contributed by atoms with Crippen LogP contribution in [0.1, 0.15) is 21.5 Å². The Balaban J connectivity index is 1.97. The molecule has 0 spiro atoms. The van der Waals surface area contributed by atoms with Crippen molar-refractivity contribution >= 4 is 23.5 Å². The van der Waals surface area contributed by atoms with Gasteiger partial charge in [-0.1, -0.05) is 23.7 Å². The second-order valence-electron chi connectivity index (χ2n) is 4.66. The molecule has 0 saturated carbocycles. The van der Waals surface area contributed by atoms with Gasteiger partial charge in [0.05, 0.1) is 17.2 Å². The number of nitrogens with one attached hydrogen (secondary N) is 3. The quantitative estimate of drug-likeness (QED) is 0.512. The lowest BCUT2D eigenvalue weighted by Crippen LogP contribution is -2.39. The van der Waals surface area contributed by atoms with Crippen LogP contribution in [0.15, 0.2) is 42.5 Å². The molecule has 23 heavy (non-hydrogen) atoms. The van der Waals surface area contributed by atoms with Crippen LogP contribution >= 0.6 is 11.6 Å². The first-order valence-electron chi connectivity index (χ1n) is 6.61. The number of aromatic hydroxyl groups is 1. The summed E-state index contributed by atoms with van der Waals surface area (Å²) in [5.41, 5.74) is 1.02. The molecule has 0 saturated heterocycles. The number of amides is 1. The Bertz CT molecular complexity index is 799. The van der Waals surface area contributed by atoms with Crippen molar-refractivity contribution in [2.75, 3.05) is 0 Å². The number of carbonyl (C=O) groups excluding carboxylic acids is 1. The summed E-state index contributed by atoms with van der Waals surface area (Å²) < 4.78 is 0. The van der Waals surface area contributed by atoms with Gasteiger partial charge in [0.1, 0.15) is 5.75 Å². The van der Waals surface area contributed by atoms with Crippen LogP contribution in [0.3, 0.4) is 0 Å². The predicted molar refractivity (Wildman–Crippen MR) is 86.3 cm³/mol. The third-order valence-electron chi connectivity index (χ3n) is 2.97. The maximum atomic E-state index is 12.0. The van der Waals surface area contributed by atoms with E-state index in [0.717, 1.165) is 5.56 Å². The summed E-state index contributed by atoms with van der Waals surface area (Å²) in [5, 5.41) is 31.8. The highest BCUT2D eigenvalue weighted by molar-refractivity contribution is 6.30. The number of hydrogen-bond donors (Lipinski definition) is 4. The second kappa shape index (κ2) is 7.29. The van der Waals surface area contributed by atoms with Gasteiger partial charge in [-0.3, -0.25) is 15.5 Å². The first-order valence-corrected chi connectivity index (χ1v) is 6.98. The molecule has 0 fully saturated rings. The van der Waals surface area contributed by atoms with E-state index in [0.29, 0.717) is 11.6 Å². The lowest BCUT2D eigenvalue weighted by molar-refractivity contribution is 0.0973. The molecular formula is C16H13ClN4O2. The van der Waals surface area contributed by atoms with E-state index < -0.39 is 5.91 Å². The fourth-order valence-corrected chi connectivity index (χ4v) is 2.06. The second-order valence-corrected chi connectivity index (χ2v) is 5.09. The van der Waals surface area contributed by atoms with Crippen LogP contribution < -0.4 is 10.6 Å². The molecule has 7 heteroatoms. The Morgan fingerprint density at radius 3 is 2.78 bits per heavy atom. The number of nitrogens with zero attached hydrogens (tertiary/aromatic N) is 1. The summed E-state index contributed by atoms with van der Waals surface area (Å²) in [6.45, 7) is 0.309. The van der Waals surface area contributed by atoms with Crippen LogP contribution in [0.5, 0.6) is 5.75 Å². The Labute approximate surface area is 137 Å². The fourth-order valence-electron chi connectivity index (χ4n) is 1.85. The minimum absolute atomic E-state index is 0.0710. The Morgan fingerprint density at radius 1 is 1.30 bits per heavy atom. The first-order chi connectivity index (χ1) is 11.0. The molecule has 6 nitrogen and oxygen atoms in total. The van der Waals surface area contributed by atoms with Gasteiger partial charge < -0.3 is 10.4 Å². The summed E-state index contributed by atoms with van der Waals surface area (Å²) in [6.07, 6.45) is 0. The average Bonchev–Trinajstić information content (AvgIpc) is 2.53. The lowest BCUT2D eigenvalue weighted by Gasteiger charge is -2.10. The van der Waals surface area contributed by atoms with E-state index in [-0.39, 0.29) is 22.8 Å². The Kier molecular flexibility index (Phi) is 5.18. The number of phenolic OH excluding ortho intramolecular Hbond substituents is 1. The van der Waals surface area contributed by atoms with E-state index >= 15 is 0 Å². The molecule has 2 aromatic rings. The summed E-state index contributed by atoms with van der Waals surface area (Å²) >= 11 is 5.87. The predicted octanol–water partition coefficient (Wildman–Crippen LogP) is 2.37. The van der Waals surface area contributed by atoms with Gasteiger partial charge in [0.15, 0.2) is 5.96 Å². The molecule has 116 valence electrons. The molecule has 0 unspecified atom stereocenters. The van der Waals surface area contributed by atoms with Crippen LogP contribution in [0, 0.1) is 16.7 Å². The van der Waals surface area contributed by atoms with Gasteiger partial charge in [-0.2, -0.15) is 5.26 Å². The topological polar surface area (TPSA) is 109 Å². The van der Waals surface area contributed by atoms with Crippen LogP contribution in [0.25, 0.3) is 0 Å². The van der Waals surface area contributed by atoms with E-state index in [1.54, 1.807) is 18.2 Å². The summed E-state index contributed by atoms with van der Waals surface area (Å²) in [7, 11) is 0. The molecule has 0 aliphatic heterocycles. The number of guanidine groups is 1. The number of benzene rings is 2. The maximum Gasteiger partial charge on any atom is 0.261 e. The summed E-state index contributed by atoms with van der Waals surface area (Å²) in [6, 6.07) is 12.9. The molecule has 2 rings (SSSR count). The minimum Gasteiger partial charge on any atom is -0.507 e. The number of halogens is 1. The van der Waals surface area contributed by atoms with Crippen molar-refractivity contribution in [3.05, 3.63) is 64.2 Å². The molecule has 0 heterocycles. The maximum absolute atomic E-state index is 12.0. The molecule has 0 bridgehead atoms. The fraction of sp³-hybridized carbons (Fsp3) is 0.0625. The smallest absolute Gasteiger partial charge is 0.261 e. The Hall–Kier alpha value is -3.04. The van der Waals surface area contributed by atoms with Gasteiger partial charge in [0.2, 0.25) is 0 Å². The van der Waals surface area contributed by atoms with Crippen molar-refractivity contribution < 1.29 is 9.90 Å². The number of nitriles is 1. The van der Waals surface area contributed by atoms with Crippen LogP contribution in [0.4, 0.5) is 0 Å². The zero-order chi connectivity index (χ0) is 16.8. The highest BCUT2D eigenvalue weighted by Gasteiger charge is 2.13. The average molecular weight is 329 g/mol. The van der Waals surface area contributed by atoms with Crippen molar-refractivity contribution in [1.29, 1.82) is 10.7 Å². The number of hydrogen-bond acceptors (Lipinski definition) is 4. The highest BCUT2D eigenvalue weighted by atomic mass is 35.5. The summed E-state index contributed by atoms with van der Waals surface area (Å²) in [5.74, 6) is -1.16. The van der Waals surface area contributed by atoms with E-state index in [2.05, 4.69) is 10.6 Å². The van der Waals surface area contributed by atoms with Crippen LogP contribution in [-0.2, 0) is 6.54 Å². The van der Waals surface area contributed by atoms with Gasteiger partial charge in [0, 0.05) is 11.6 Å². The third-order valence-corrected chi connectivity index (χ3v) is 3.20. The monoisotopic (exact) mass is 328 g/mol. The zero-order valence-corrected chi connectivity index (χ0v) is 12.7. The number of carbonyl (C=O) groups is 1. The van der Waals surface area contributed by atoms with Crippen molar-refractivity contribution in [2.45, 2.75) is 6.54 Å². The van der Waals surface area contributed by atoms with Crippen molar-refractivity contribution in [2.24, 2.45) is 0 Å². The van der Waals surface area contributed by atoms with E-state index in [4.69, 9.17) is 22.3 Å². The largest absolute Gasteiger partial charge is 0.507 e. The van der Waals surface area contributed by atoms with E-state index in [1.165, 1.54) is 18.2 Å². The third kappa shape index (κ3) is 4.46. The molecule has 0 atom stereocenters. The van der Waals surface area contributed by atoms with Crippen molar-refractivity contribution in [3.8, 4) is 11.8 Å². The Morgan fingerprint density at radius 2 is 2.09 bits per heavy atom. The van der Waals surface area contributed by atoms with E-state index in [9.17, 15) is 9.90 Å². The lowest BCUT2D eigenvalue weighted by atomic mass is 10.1. The molecule has 0 aliphatic rings. The minimum atomic E-state index is -0.678. The normalized spacial score (nSPS) is 9.74. The van der Waals surface area contributed by atoms with Crippen LogP contribution in [0.2, 0.25) is 5.02 Å². The first kappa shape index (κ1) is 16.3.